The van der Waals surface area contributed by atoms with Gasteiger partial charge in [0.25, 0.3) is 0 Å². The maximum absolute atomic E-state index is 12.4. The highest BCUT2D eigenvalue weighted by molar-refractivity contribution is 5.76. The maximum Gasteiger partial charge on any atom is 0.223 e. The van der Waals surface area contributed by atoms with Crippen LogP contribution in [0.25, 0.3) is 0 Å². The SMILES string of the molecule is CCC(CN)CC(=O)N(CC(C)C)C(CC)CC. The minimum absolute atomic E-state index is 0.287. The van der Waals surface area contributed by atoms with Crippen LogP contribution in [0.15, 0.2) is 0 Å². The van der Waals surface area contributed by atoms with Crippen molar-refractivity contribution in [3.63, 3.8) is 0 Å². The van der Waals surface area contributed by atoms with E-state index in [-0.39, 0.29) is 5.91 Å². The highest BCUT2D eigenvalue weighted by Crippen LogP contribution is 2.16. The van der Waals surface area contributed by atoms with E-state index < -0.39 is 0 Å². The molecule has 1 unspecified atom stereocenters. The van der Waals surface area contributed by atoms with E-state index in [2.05, 4.69) is 39.5 Å². The van der Waals surface area contributed by atoms with Gasteiger partial charge in [0, 0.05) is 19.0 Å². The van der Waals surface area contributed by atoms with Crippen LogP contribution in [0.1, 0.15) is 60.3 Å². The molecule has 0 aliphatic carbocycles. The van der Waals surface area contributed by atoms with E-state index in [1.54, 1.807) is 0 Å². The summed E-state index contributed by atoms with van der Waals surface area (Å²) in [6, 6.07) is 0.384. The van der Waals surface area contributed by atoms with E-state index in [9.17, 15) is 4.79 Å². The lowest BCUT2D eigenvalue weighted by atomic mass is 10.00. The summed E-state index contributed by atoms with van der Waals surface area (Å²) in [5, 5.41) is 0. The Morgan fingerprint density at radius 1 is 1.11 bits per heavy atom. The second-order valence-electron chi connectivity index (χ2n) is 5.62. The van der Waals surface area contributed by atoms with Gasteiger partial charge in [-0.2, -0.15) is 0 Å². The third kappa shape index (κ3) is 5.85. The van der Waals surface area contributed by atoms with E-state index >= 15 is 0 Å². The summed E-state index contributed by atoms with van der Waals surface area (Å²) in [7, 11) is 0. The Morgan fingerprint density at radius 3 is 2.00 bits per heavy atom. The second kappa shape index (κ2) is 9.37. The molecule has 0 radical (unpaired) electrons. The first-order valence-corrected chi connectivity index (χ1v) is 7.49. The Morgan fingerprint density at radius 2 is 1.67 bits per heavy atom. The lowest BCUT2D eigenvalue weighted by Gasteiger charge is -2.33. The zero-order valence-electron chi connectivity index (χ0n) is 12.9. The topological polar surface area (TPSA) is 46.3 Å². The molecule has 0 aromatic rings. The average Bonchev–Trinajstić information content (AvgIpc) is 2.35. The van der Waals surface area contributed by atoms with Gasteiger partial charge in [-0.3, -0.25) is 4.79 Å². The smallest absolute Gasteiger partial charge is 0.223 e. The molecular weight excluding hydrogens is 224 g/mol. The highest BCUT2D eigenvalue weighted by Gasteiger charge is 2.23. The number of nitrogens with zero attached hydrogens (tertiary/aromatic N) is 1. The highest BCUT2D eigenvalue weighted by atomic mass is 16.2. The molecule has 0 rings (SSSR count). The molecule has 1 atom stereocenters. The lowest BCUT2D eigenvalue weighted by molar-refractivity contribution is -0.135. The van der Waals surface area contributed by atoms with Crippen molar-refractivity contribution < 1.29 is 4.79 Å². The molecule has 2 N–H and O–H groups in total. The molecule has 0 fully saturated rings. The van der Waals surface area contributed by atoms with Gasteiger partial charge in [-0.15, -0.1) is 0 Å². The Hall–Kier alpha value is -0.570. The molecule has 3 nitrogen and oxygen atoms in total. The number of carbonyl (C=O) groups is 1. The van der Waals surface area contributed by atoms with Crippen LogP contribution in [0.4, 0.5) is 0 Å². The first-order chi connectivity index (χ1) is 8.49. The van der Waals surface area contributed by atoms with E-state index in [1.165, 1.54) is 0 Å². The number of hydrogen-bond donors (Lipinski definition) is 1. The van der Waals surface area contributed by atoms with E-state index in [0.29, 0.717) is 30.8 Å². The number of nitrogens with two attached hydrogens (primary N) is 1. The van der Waals surface area contributed by atoms with Crippen molar-refractivity contribution >= 4 is 5.91 Å². The molecule has 1 amide bonds. The first kappa shape index (κ1) is 17.4. The van der Waals surface area contributed by atoms with Crippen LogP contribution >= 0.6 is 0 Å². The summed E-state index contributed by atoms with van der Waals surface area (Å²) in [4.78, 5) is 14.5. The second-order valence-corrected chi connectivity index (χ2v) is 5.62. The van der Waals surface area contributed by atoms with Crippen LogP contribution in [-0.2, 0) is 4.79 Å². The van der Waals surface area contributed by atoms with Gasteiger partial charge in [-0.05, 0) is 31.2 Å². The summed E-state index contributed by atoms with van der Waals surface area (Å²) in [6.45, 7) is 12.2. The van der Waals surface area contributed by atoms with Crippen LogP contribution in [0.5, 0.6) is 0 Å². The molecule has 0 spiro atoms. The Kier molecular flexibility index (Phi) is 9.08. The molecule has 0 aromatic carbocycles. The van der Waals surface area contributed by atoms with Crippen molar-refractivity contribution in [3.05, 3.63) is 0 Å². The van der Waals surface area contributed by atoms with Gasteiger partial charge in [0.2, 0.25) is 5.91 Å². The average molecular weight is 256 g/mol. The summed E-state index contributed by atoms with van der Waals surface area (Å²) in [5.74, 6) is 1.14. The first-order valence-electron chi connectivity index (χ1n) is 7.49. The molecule has 0 saturated carbocycles. The normalized spacial score (nSPS) is 13.1. The summed E-state index contributed by atoms with van der Waals surface area (Å²) in [6.07, 6.45) is 3.67. The molecule has 3 heteroatoms. The van der Waals surface area contributed by atoms with E-state index in [0.717, 1.165) is 25.8 Å². The van der Waals surface area contributed by atoms with Gasteiger partial charge in [0.1, 0.15) is 0 Å². The minimum Gasteiger partial charge on any atom is -0.339 e. The van der Waals surface area contributed by atoms with Gasteiger partial charge in [0.15, 0.2) is 0 Å². The fourth-order valence-electron chi connectivity index (χ4n) is 2.34. The van der Waals surface area contributed by atoms with Crippen molar-refractivity contribution in [2.24, 2.45) is 17.6 Å². The third-order valence-electron chi connectivity index (χ3n) is 3.64. The van der Waals surface area contributed by atoms with Crippen LogP contribution in [0, 0.1) is 11.8 Å². The molecular formula is C15H32N2O. The lowest BCUT2D eigenvalue weighted by Crippen LogP contribution is -2.43. The summed E-state index contributed by atoms with van der Waals surface area (Å²) in [5.41, 5.74) is 5.70. The molecule has 0 aliphatic heterocycles. The third-order valence-corrected chi connectivity index (χ3v) is 3.64. The molecule has 0 aliphatic rings. The van der Waals surface area contributed by atoms with Crippen molar-refractivity contribution in [1.29, 1.82) is 0 Å². The molecule has 18 heavy (non-hydrogen) atoms. The van der Waals surface area contributed by atoms with Crippen LogP contribution < -0.4 is 5.73 Å². The summed E-state index contributed by atoms with van der Waals surface area (Å²) >= 11 is 0. The molecule has 0 bridgehead atoms. The van der Waals surface area contributed by atoms with Crippen molar-refractivity contribution in [3.8, 4) is 0 Å². The predicted molar refractivity (Wildman–Crippen MR) is 78.4 cm³/mol. The van der Waals surface area contributed by atoms with Crippen molar-refractivity contribution in [1.82, 2.24) is 4.90 Å². The Labute approximate surface area is 113 Å². The minimum atomic E-state index is 0.287. The predicted octanol–water partition coefficient (Wildman–Crippen LogP) is 3.03. The zero-order valence-corrected chi connectivity index (χ0v) is 12.9. The Balaban J connectivity index is 4.67. The number of rotatable bonds is 9. The van der Waals surface area contributed by atoms with E-state index in [4.69, 9.17) is 5.73 Å². The van der Waals surface area contributed by atoms with Gasteiger partial charge >= 0.3 is 0 Å². The standard InChI is InChI=1S/C15H32N2O/c1-6-13(10-16)9-15(18)17(11-12(4)5)14(7-2)8-3/h12-14H,6-11,16H2,1-5H3. The van der Waals surface area contributed by atoms with Crippen LogP contribution in [0.3, 0.4) is 0 Å². The summed E-state index contributed by atoms with van der Waals surface area (Å²) < 4.78 is 0. The fourth-order valence-corrected chi connectivity index (χ4v) is 2.34. The molecule has 0 aromatic heterocycles. The fraction of sp³-hybridized carbons (Fsp3) is 0.933. The van der Waals surface area contributed by atoms with Gasteiger partial charge in [-0.1, -0.05) is 41.0 Å². The van der Waals surface area contributed by atoms with Crippen LogP contribution in [0.2, 0.25) is 0 Å². The van der Waals surface area contributed by atoms with Crippen molar-refractivity contribution in [2.45, 2.75) is 66.3 Å². The van der Waals surface area contributed by atoms with Gasteiger partial charge in [-0.25, -0.2) is 0 Å². The largest absolute Gasteiger partial charge is 0.339 e. The zero-order chi connectivity index (χ0) is 14.1. The number of hydrogen-bond acceptors (Lipinski definition) is 2. The van der Waals surface area contributed by atoms with Gasteiger partial charge < -0.3 is 10.6 Å². The molecule has 0 saturated heterocycles. The Bertz CT molecular complexity index is 221. The molecule has 108 valence electrons. The maximum atomic E-state index is 12.4. The van der Waals surface area contributed by atoms with Gasteiger partial charge in [0.05, 0.1) is 0 Å². The van der Waals surface area contributed by atoms with Crippen LogP contribution in [-0.4, -0.2) is 29.9 Å². The molecule has 0 heterocycles. The monoisotopic (exact) mass is 256 g/mol. The van der Waals surface area contributed by atoms with Crippen molar-refractivity contribution in [2.75, 3.05) is 13.1 Å². The quantitative estimate of drug-likeness (QED) is 0.689. The number of amides is 1. The number of carbonyl (C=O) groups excluding carboxylic acids is 1. The van der Waals surface area contributed by atoms with E-state index in [1.807, 2.05) is 0 Å².